The Kier molecular flexibility index (Phi) is 78.2. The van der Waals surface area contributed by atoms with Crippen LogP contribution in [0.3, 0.4) is 0 Å². The standard InChI is InChI=1S/5C16H36N.C10H13N5O5.H5O10P3/c5*1-5-9-13-17(14-10-6-2,15-11-7-3)16-12-8-4;11-10-13-7-4(8(19)14-10)12-2-15(7)9-6(18)5(17)3(1-16)20-9;1-11(2,3)9-13(7,8)10-12(4,5)6/h5*5-16H2,1-4H3;2-3,5-6,9,16-18H,1H2,(H3,11,13,14,19);(H,7,8)(H2,1,2,3)(H2,4,5,6)/q5*+1;;/p-5/t;;;;;3-,5-,6-,9-;/m.....1./s1. The van der Waals surface area contributed by atoms with Crippen molar-refractivity contribution in [3.8, 4) is 0 Å². The summed E-state index contributed by atoms with van der Waals surface area (Å²) < 4.78 is 48.4. The Morgan fingerprint density at radius 2 is 0.559 bits per heavy atom. The molecule has 1 aliphatic rings. The molecule has 4 atom stereocenters. The highest BCUT2D eigenvalue weighted by molar-refractivity contribution is 7.64. The van der Waals surface area contributed by atoms with E-state index in [1.807, 2.05) is 0 Å². The maximum Gasteiger partial charge on any atom is 0.280 e. The monoisotopic (exact) mass is 1750 g/mol. The number of quaternary nitrogens is 5. The van der Waals surface area contributed by atoms with Gasteiger partial charge in [0.15, 0.2) is 17.4 Å². The Balaban J connectivity index is -0.000000645. The normalized spacial score (nSPS) is 15.4. The number of H-pyrrole nitrogens is 1. The fourth-order valence-electron chi connectivity index (χ4n) is 15.7. The number of rotatable bonds is 66. The van der Waals surface area contributed by atoms with Crippen LogP contribution in [0.25, 0.3) is 11.2 Å². The average molecular weight is 1750 g/mol. The Morgan fingerprint density at radius 3 is 0.712 bits per heavy atom. The molecule has 1 saturated heterocycles. The lowest BCUT2D eigenvalue weighted by Crippen LogP contribution is -2.50. The van der Waals surface area contributed by atoms with Gasteiger partial charge in [0.05, 0.1) is 159 Å². The zero-order chi connectivity index (χ0) is 90.3. The maximum atomic E-state index is 11.7. The van der Waals surface area contributed by atoms with Crippen LogP contribution in [-0.2, 0) is 27.1 Å². The van der Waals surface area contributed by atoms with E-state index in [2.05, 4.69) is 162 Å². The number of nitrogens with two attached hydrogens (primary N) is 1. The van der Waals surface area contributed by atoms with Crippen molar-refractivity contribution in [3.05, 3.63) is 16.7 Å². The van der Waals surface area contributed by atoms with Crippen molar-refractivity contribution in [3.63, 3.8) is 0 Å². The van der Waals surface area contributed by atoms with Gasteiger partial charge in [-0.05, 0) is 128 Å². The van der Waals surface area contributed by atoms with Crippen molar-refractivity contribution in [1.29, 1.82) is 0 Å². The number of aromatic nitrogens is 4. The molecule has 0 unspecified atom stereocenters. The van der Waals surface area contributed by atoms with Crippen LogP contribution >= 0.6 is 23.5 Å². The molecular weight excluding hydrogens is 1550 g/mol. The van der Waals surface area contributed by atoms with Gasteiger partial charge in [-0.25, -0.2) is 4.98 Å². The minimum absolute atomic E-state index is 0.0388. The van der Waals surface area contributed by atoms with Crippen molar-refractivity contribution in [2.24, 2.45) is 0 Å². The van der Waals surface area contributed by atoms with E-state index in [0.29, 0.717) is 0 Å². The molecule has 2 aromatic rings. The van der Waals surface area contributed by atoms with Gasteiger partial charge in [-0.1, -0.05) is 267 Å². The molecule has 25 nitrogen and oxygen atoms in total. The Hall–Kier alpha value is -1.80. The van der Waals surface area contributed by atoms with Crippen LogP contribution in [0, 0.1) is 0 Å². The van der Waals surface area contributed by atoms with Crippen LogP contribution in [0.15, 0.2) is 11.1 Å². The van der Waals surface area contributed by atoms with Crippen LogP contribution in [0.2, 0.25) is 0 Å². The number of hydrogen-bond donors (Lipinski definition) is 5. The molecule has 1 fully saturated rings. The fourth-order valence-corrected chi connectivity index (χ4v) is 18.1. The molecule has 0 aliphatic carbocycles. The molecule has 6 N–H and O–H groups in total. The molecule has 0 radical (unpaired) electrons. The van der Waals surface area contributed by atoms with E-state index in [1.54, 1.807) is 0 Å². The van der Waals surface area contributed by atoms with E-state index in [-0.39, 0.29) is 17.1 Å². The summed E-state index contributed by atoms with van der Waals surface area (Å²) in [5.41, 5.74) is 5.12. The molecule has 0 amide bonds. The SMILES string of the molecule is CCCC[N+](CCCC)(CCCC)CCCC.CCCC[N+](CCCC)(CCCC)CCCC.CCCC[N+](CCCC)(CCCC)CCCC.CCCC[N+](CCCC)(CCCC)CCCC.CCCC[N+](CCCC)(CCCC)CCCC.Nc1nc2c(ncn2[C@@H]2O[C@H](CO)[C@@H](O)[C@H]2O)c(=O)[nH]1.O=P([O-])([O-])OP(=O)([O-])OP(=O)([O-])[O-]. The van der Waals surface area contributed by atoms with Gasteiger partial charge in [0, 0.05) is 0 Å². The Bertz CT molecular complexity index is 2360. The van der Waals surface area contributed by atoms with E-state index in [9.17, 15) is 53.2 Å². The predicted molar refractivity (Wildman–Crippen MR) is 487 cm³/mol. The van der Waals surface area contributed by atoms with Crippen molar-refractivity contribution in [1.82, 2.24) is 19.5 Å². The minimum atomic E-state index is -5.97. The molecule has 0 saturated carbocycles. The lowest BCUT2D eigenvalue weighted by molar-refractivity contribution is -0.929. The molecule has 3 rings (SSSR count). The van der Waals surface area contributed by atoms with Gasteiger partial charge in [0.1, 0.15) is 18.3 Å². The van der Waals surface area contributed by atoms with E-state index in [4.69, 9.17) is 15.6 Å². The number of aliphatic hydroxyl groups excluding tert-OH is 3. The second-order valence-electron chi connectivity index (χ2n) is 34.3. The van der Waals surface area contributed by atoms with Crippen LogP contribution < -0.4 is 35.8 Å². The third kappa shape index (κ3) is 59.2. The molecule has 0 bridgehead atoms. The summed E-state index contributed by atoms with van der Waals surface area (Å²) in [6.45, 7) is 74.6. The number of nitrogens with one attached hydrogen (secondary N) is 1. The molecule has 0 aromatic carbocycles. The third-order valence-corrected chi connectivity index (χ3v) is 26.6. The number of aromatic amines is 1. The van der Waals surface area contributed by atoms with Gasteiger partial charge in [0.25, 0.3) is 13.4 Å². The number of anilines is 1. The molecule has 1 aliphatic heterocycles. The lowest BCUT2D eigenvalue weighted by atomic mass is 10.1. The first-order valence-electron chi connectivity index (χ1n) is 48.5. The van der Waals surface area contributed by atoms with E-state index in [0.717, 1.165) is 0 Å². The summed E-state index contributed by atoms with van der Waals surface area (Å²) >= 11 is 0. The first kappa shape index (κ1) is 122. The predicted octanol–water partition coefficient (Wildman–Crippen LogP) is 18.5. The van der Waals surface area contributed by atoms with Gasteiger partial charge < -0.3 is 81.8 Å². The topological polar surface area (TPSA) is 344 Å². The number of fused-ring (bicyclic) bond motifs is 1. The average Bonchev–Trinajstić information content (AvgIpc) is 1.62. The quantitative estimate of drug-likeness (QED) is 0.0303. The smallest absolute Gasteiger partial charge is 0.280 e. The molecule has 28 heteroatoms. The maximum absolute atomic E-state index is 11.7. The molecular formula is C90H193N10O15P3. The highest BCUT2D eigenvalue weighted by atomic mass is 31.3. The summed E-state index contributed by atoms with van der Waals surface area (Å²) in [6.07, 6.45) is 52.1. The van der Waals surface area contributed by atoms with Gasteiger partial charge >= 0.3 is 0 Å². The van der Waals surface area contributed by atoms with Crippen molar-refractivity contribution >= 4 is 40.6 Å². The Labute approximate surface area is 725 Å². The number of phosphoric acid groups is 3. The van der Waals surface area contributed by atoms with Gasteiger partial charge in [-0.3, -0.25) is 27.5 Å². The highest BCUT2D eigenvalue weighted by Crippen LogP contribution is 2.57. The zero-order valence-corrected chi connectivity index (χ0v) is 82.9. The summed E-state index contributed by atoms with van der Waals surface area (Å²) in [5, 5.41) is 28.7. The van der Waals surface area contributed by atoms with E-state index in [1.165, 1.54) is 421 Å². The van der Waals surface area contributed by atoms with Gasteiger partial charge in [0.2, 0.25) is 5.95 Å². The number of unbranched alkanes of at least 4 members (excludes halogenated alkanes) is 20. The van der Waals surface area contributed by atoms with E-state index >= 15 is 0 Å². The number of aliphatic hydroxyl groups is 3. The van der Waals surface area contributed by atoms with Gasteiger partial charge in [-0.2, -0.15) is 4.98 Å². The number of ether oxygens (including phenoxy) is 1. The molecule has 0 spiro atoms. The number of imidazole rings is 1. The van der Waals surface area contributed by atoms with Crippen molar-refractivity contribution in [2.75, 3.05) is 143 Å². The molecule has 2 aromatic heterocycles. The number of nitrogens with zero attached hydrogens (tertiary/aromatic N) is 8. The van der Waals surface area contributed by atoms with Crippen LogP contribution in [-0.4, -0.2) is 213 Å². The second kappa shape index (κ2) is 75.4. The fraction of sp³-hybridized carbons (Fsp3) is 0.944. The minimum Gasteiger partial charge on any atom is -0.790 e. The summed E-state index contributed by atoms with van der Waals surface area (Å²) in [6, 6.07) is 0. The highest BCUT2D eigenvalue weighted by Gasteiger charge is 2.44. The largest absolute Gasteiger partial charge is 0.790 e. The molecule has 118 heavy (non-hydrogen) atoms. The van der Waals surface area contributed by atoms with Gasteiger partial charge in [-0.15, -0.1) is 0 Å². The van der Waals surface area contributed by atoms with Crippen LogP contribution in [0.5, 0.6) is 0 Å². The van der Waals surface area contributed by atoms with Crippen molar-refractivity contribution in [2.45, 2.75) is 420 Å². The van der Waals surface area contributed by atoms with Crippen molar-refractivity contribution < 1.29 is 89.3 Å². The van der Waals surface area contributed by atoms with E-state index < -0.39 is 60.2 Å². The number of nitrogen functional groups attached to an aromatic ring is 1. The number of hydrogen-bond acceptors (Lipinski definition) is 18. The summed E-state index contributed by atoms with van der Waals surface area (Å²) in [4.78, 5) is 70.4. The Morgan fingerprint density at radius 1 is 0.373 bits per heavy atom. The first-order chi connectivity index (χ1) is 56.2. The van der Waals surface area contributed by atoms with Crippen LogP contribution in [0.4, 0.5) is 5.95 Å². The molecule has 3 heterocycles. The second-order valence-corrected chi connectivity index (χ2v) is 38.3. The zero-order valence-electron chi connectivity index (χ0n) is 80.3. The molecule has 708 valence electrons. The first-order valence-corrected chi connectivity index (χ1v) is 52.9. The van der Waals surface area contributed by atoms with Crippen LogP contribution in [0.1, 0.15) is 402 Å². The third-order valence-electron chi connectivity index (χ3n) is 23.4. The summed E-state index contributed by atoms with van der Waals surface area (Å²) in [5.74, 6) is -0.101. The lowest BCUT2D eigenvalue weighted by Gasteiger charge is -2.40. The summed E-state index contributed by atoms with van der Waals surface area (Å²) in [7, 11) is -17.9.